The molecule has 0 unspecified atom stereocenters. The quantitative estimate of drug-likeness (QED) is 0.763. The van der Waals surface area contributed by atoms with E-state index in [1.165, 1.54) is 0 Å². The lowest BCUT2D eigenvalue weighted by atomic mass is 10.1. The summed E-state index contributed by atoms with van der Waals surface area (Å²) >= 11 is 0. The van der Waals surface area contributed by atoms with Gasteiger partial charge in [-0.1, -0.05) is 18.2 Å². The van der Waals surface area contributed by atoms with Crippen LogP contribution in [0.5, 0.6) is 0 Å². The first-order chi connectivity index (χ1) is 8.88. The second kappa shape index (κ2) is 4.58. The van der Waals surface area contributed by atoms with Crippen molar-refractivity contribution in [2.24, 2.45) is 0 Å². The Balaban J connectivity index is 2.11. The largest absolute Gasteiger partial charge is 0.464 e. The Morgan fingerprint density at radius 1 is 1.22 bits per heavy atom. The summed E-state index contributed by atoms with van der Waals surface area (Å²) in [6, 6.07) is 9.80. The number of nitrogens with zero attached hydrogens (tertiary/aromatic N) is 2. The van der Waals surface area contributed by atoms with Crippen molar-refractivity contribution in [1.29, 1.82) is 0 Å². The van der Waals surface area contributed by atoms with Gasteiger partial charge in [0.15, 0.2) is 5.82 Å². The third-order valence-electron chi connectivity index (χ3n) is 2.79. The number of fused-ring (bicyclic) bond motifs is 1. The maximum atomic E-state index is 5.51. The highest BCUT2D eigenvalue weighted by atomic mass is 16.3. The predicted molar refractivity (Wildman–Crippen MR) is 70.0 cm³/mol. The highest BCUT2D eigenvalue weighted by Crippen LogP contribution is 2.27. The average Bonchev–Trinajstić information content (AvgIpc) is 2.83. The minimum Gasteiger partial charge on any atom is -0.464 e. The molecule has 0 atom stereocenters. The van der Waals surface area contributed by atoms with E-state index in [0.29, 0.717) is 5.82 Å². The molecule has 0 fully saturated rings. The third kappa shape index (κ3) is 1.87. The molecule has 3 aromatic rings. The predicted octanol–water partition coefficient (Wildman–Crippen LogP) is 2.61. The number of hydrogen-bond donors (Lipinski definition) is 1. The van der Waals surface area contributed by atoms with Crippen LogP contribution in [0.3, 0.4) is 0 Å². The molecule has 0 saturated heterocycles. The van der Waals surface area contributed by atoms with Crippen LogP contribution in [0.15, 0.2) is 47.2 Å². The maximum absolute atomic E-state index is 5.51. The number of rotatable bonds is 3. The van der Waals surface area contributed by atoms with Crippen molar-refractivity contribution in [3.8, 4) is 11.4 Å². The second-order valence-corrected chi connectivity index (χ2v) is 4.05. The van der Waals surface area contributed by atoms with Crippen LogP contribution in [0.25, 0.3) is 22.4 Å². The molecule has 0 aliphatic heterocycles. The molecule has 0 bridgehead atoms. The van der Waals surface area contributed by atoms with Crippen LogP contribution in [0.1, 0.15) is 5.69 Å². The summed E-state index contributed by atoms with van der Waals surface area (Å²) in [4.78, 5) is 8.84. The fourth-order valence-corrected chi connectivity index (χ4v) is 1.96. The summed E-state index contributed by atoms with van der Waals surface area (Å²) in [5.74, 6) is 0.702. The van der Waals surface area contributed by atoms with Crippen molar-refractivity contribution in [3.05, 3.63) is 48.5 Å². The van der Waals surface area contributed by atoms with E-state index in [1.807, 2.05) is 37.4 Å². The fourth-order valence-electron chi connectivity index (χ4n) is 1.96. The molecule has 0 amide bonds. The molecule has 90 valence electrons. The van der Waals surface area contributed by atoms with Gasteiger partial charge in [-0.2, -0.15) is 0 Å². The summed E-state index contributed by atoms with van der Waals surface area (Å²) < 4.78 is 5.51. The van der Waals surface area contributed by atoms with Gasteiger partial charge in [-0.15, -0.1) is 0 Å². The molecule has 4 heteroatoms. The number of para-hydroxylation sites is 1. The van der Waals surface area contributed by atoms with Crippen molar-refractivity contribution in [3.63, 3.8) is 0 Å². The molecule has 1 aromatic carbocycles. The molecule has 1 N–H and O–H groups in total. The van der Waals surface area contributed by atoms with Gasteiger partial charge in [0.25, 0.3) is 0 Å². The van der Waals surface area contributed by atoms with Crippen LogP contribution in [-0.2, 0) is 6.54 Å². The van der Waals surface area contributed by atoms with Gasteiger partial charge in [-0.05, 0) is 19.2 Å². The molecular weight excluding hydrogens is 226 g/mol. The van der Waals surface area contributed by atoms with Crippen LogP contribution in [0.2, 0.25) is 0 Å². The van der Waals surface area contributed by atoms with E-state index in [4.69, 9.17) is 4.42 Å². The van der Waals surface area contributed by atoms with E-state index in [0.717, 1.165) is 28.8 Å². The molecule has 0 aliphatic carbocycles. The van der Waals surface area contributed by atoms with Gasteiger partial charge in [0.1, 0.15) is 11.8 Å². The standard InChI is InChI=1S/C14H13N3O/c1-15-8-10-6-7-16-14(17-10)12-9-18-13-5-3-2-4-11(12)13/h2-7,9,15H,8H2,1H3. The highest BCUT2D eigenvalue weighted by molar-refractivity contribution is 5.91. The second-order valence-electron chi connectivity index (χ2n) is 4.05. The lowest BCUT2D eigenvalue weighted by Crippen LogP contribution is -2.07. The van der Waals surface area contributed by atoms with Gasteiger partial charge < -0.3 is 9.73 Å². The van der Waals surface area contributed by atoms with E-state index in [2.05, 4.69) is 15.3 Å². The first-order valence-corrected chi connectivity index (χ1v) is 5.81. The van der Waals surface area contributed by atoms with Crippen molar-refractivity contribution in [2.45, 2.75) is 6.54 Å². The zero-order valence-corrected chi connectivity index (χ0v) is 10.1. The van der Waals surface area contributed by atoms with E-state index in [1.54, 1.807) is 12.5 Å². The van der Waals surface area contributed by atoms with Crippen molar-refractivity contribution in [2.75, 3.05) is 7.05 Å². The van der Waals surface area contributed by atoms with E-state index in [-0.39, 0.29) is 0 Å². The van der Waals surface area contributed by atoms with E-state index >= 15 is 0 Å². The molecule has 4 nitrogen and oxygen atoms in total. The molecule has 0 radical (unpaired) electrons. The van der Waals surface area contributed by atoms with Crippen LogP contribution in [0, 0.1) is 0 Å². The Kier molecular flexibility index (Phi) is 2.78. The number of benzene rings is 1. The zero-order valence-electron chi connectivity index (χ0n) is 10.1. The van der Waals surface area contributed by atoms with E-state index in [9.17, 15) is 0 Å². The van der Waals surface area contributed by atoms with Gasteiger partial charge in [0.2, 0.25) is 0 Å². The molecule has 3 rings (SSSR count). The SMILES string of the molecule is CNCc1ccnc(-c2coc3ccccc23)n1. The third-order valence-corrected chi connectivity index (χ3v) is 2.79. The summed E-state index contributed by atoms with van der Waals surface area (Å²) in [7, 11) is 1.90. The lowest BCUT2D eigenvalue weighted by Gasteiger charge is -2.01. The first kappa shape index (κ1) is 10.9. The van der Waals surface area contributed by atoms with Crippen molar-refractivity contribution < 1.29 is 4.42 Å². The molecule has 0 aliphatic rings. The Bertz CT molecular complexity index is 675. The van der Waals surface area contributed by atoms with Gasteiger partial charge >= 0.3 is 0 Å². The molecular formula is C14H13N3O. The Morgan fingerprint density at radius 2 is 2.11 bits per heavy atom. The van der Waals surface area contributed by atoms with Gasteiger partial charge in [0.05, 0.1) is 11.3 Å². The topological polar surface area (TPSA) is 51.0 Å². The minimum atomic E-state index is 0.702. The Morgan fingerprint density at radius 3 is 3.00 bits per heavy atom. The van der Waals surface area contributed by atoms with Gasteiger partial charge in [-0.3, -0.25) is 0 Å². The molecule has 18 heavy (non-hydrogen) atoms. The Labute approximate surface area is 105 Å². The molecule has 0 spiro atoms. The maximum Gasteiger partial charge on any atom is 0.163 e. The van der Waals surface area contributed by atoms with E-state index < -0.39 is 0 Å². The Hall–Kier alpha value is -2.20. The average molecular weight is 239 g/mol. The fraction of sp³-hybridized carbons (Fsp3) is 0.143. The minimum absolute atomic E-state index is 0.702. The number of aromatic nitrogens is 2. The number of furan rings is 1. The zero-order chi connectivity index (χ0) is 12.4. The van der Waals surface area contributed by atoms with Crippen LogP contribution < -0.4 is 5.32 Å². The monoisotopic (exact) mass is 239 g/mol. The van der Waals surface area contributed by atoms with Crippen LogP contribution >= 0.6 is 0 Å². The molecule has 2 aromatic heterocycles. The van der Waals surface area contributed by atoms with Crippen molar-refractivity contribution in [1.82, 2.24) is 15.3 Å². The summed E-state index contributed by atoms with van der Waals surface area (Å²) in [5, 5.41) is 4.12. The van der Waals surface area contributed by atoms with Gasteiger partial charge in [-0.25, -0.2) is 9.97 Å². The smallest absolute Gasteiger partial charge is 0.163 e. The number of hydrogen-bond acceptors (Lipinski definition) is 4. The summed E-state index contributed by atoms with van der Waals surface area (Å²) in [6.07, 6.45) is 3.49. The normalized spacial score (nSPS) is 10.9. The summed E-state index contributed by atoms with van der Waals surface area (Å²) in [6.45, 7) is 0.727. The van der Waals surface area contributed by atoms with Crippen molar-refractivity contribution >= 4 is 11.0 Å². The summed E-state index contributed by atoms with van der Waals surface area (Å²) in [5.41, 5.74) is 2.76. The van der Waals surface area contributed by atoms with Crippen LogP contribution in [-0.4, -0.2) is 17.0 Å². The highest BCUT2D eigenvalue weighted by Gasteiger charge is 2.10. The number of nitrogens with one attached hydrogen (secondary N) is 1. The lowest BCUT2D eigenvalue weighted by molar-refractivity contribution is 0.616. The van der Waals surface area contributed by atoms with Crippen LogP contribution in [0.4, 0.5) is 0 Å². The van der Waals surface area contributed by atoms with Gasteiger partial charge in [0, 0.05) is 18.1 Å². The first-order valence-electron chi connectivity index (χ1n) is 5.81. The molecule has 2 heterocycles. The molecule has 0 saturated carbocycles.